The third-order valence-corrected chi connectivity index (χ3v) is 4.75. The molecule has 3 heteroatoms. The van der Waals surface area contributed by atoms with E-state index in [1.807, 2.05) is 6.07 Å². The molecule has 3 nitrogen and oxygen atoms in total. The Morgan fingerprint density at radius 3 is 3.10 bits per heavy atom. The largest absolute Gasteiger partial charge is 0.308 e. The molecular formula is C17H25N3. The standard InChI is InChI=1S/C17H25N3/c1-3-14-7-6-8-15(11-14)18-12-16-13(2)19-17-9-4-5-10-20(16)17/h4-5,9-10,14-15,18H,3,6-8,11-12H2,1-2H3. The number of pyridine rings is 1. The van der Waals surface area contributed by atoms with Gasteiger partial charge in [-0.2, -0.15) is 0 Å². The molecule has 0 spiro atoms. The van der Waals surface area contributed by atoms with Gasteiger partial charge in [-0.3, -0.25) is 0 Å². The van der Waals surface area contributed by atoms with Gasteiger partial charge in [0.1, 0.15) is 5.65 Å². The van der Waals surface area contributed by atoms with Crippen LogP contribution in [-0.2, 0) is 6.54 Å². The van der Waals surface area contributed by atoms with Crippen molar-refractivity contribution in [2.24, 2.45) is 5.92 Å². The second-order valence-corrected chi connectivity index (χ2v) is 6.09. The molecule has 1 aliphatic rings. The second-order valence-electron chi connectivity index (χ2n) is 6.09. The Balaban J connectivity index is 1.69. The van der Waals surface area contributed by atoms with Crippen LogP contribution in [0.2, 0.25) is 0 Å². The van der Waals surface area contributed by atoms with E-state index >= 15 is 0 Å². The lowest BCUT2D eigenvalue weighted by Crippen LogP contribution is -2.34. The van der Waals surface area contributed by atoms with Gasteiger partial charge in [-0.05, 0) is 37.8 Å². The van der Waals surface area contributed by atoms with Gasteiger partial charge < -0.3 is 9.72 Å². The van der Waals surface area contributed by atoms with Crippen molar-refractivity contribution in [1.29, 1.82) is 0 Å². The first-order chi connectivity index (χ1) is 9.78. The molecule has 2 atom stereocenters. The van der Waals surface area contributed by atoms with Crippen molar-refractivity contribution in [3.8, 4) is 0 Å². The van der Waals surface area contributed by atoms with E-state index in [4.69, 9.17) is 0 Å². The van der Waals surface area contributed by atoms with E-state index in [1.54, 1.807) is 0 Å². The fourth-order valence-corrected chi connectivity index (χ4v) is 3.47. The minimum atomic E-state index is 0.683. The lowest BCUT2D eigenvalue weighted by molar-refractivity contribution is 0.277. The van der Waals surface area contributed by atoms with Crippen LogP contribution >= 0.6 is 0 Å². The molecule has 2 aromatic heterocycles. The van der Waals surface area contributed by atoms with Crippen molar-refractivity contribution in [1.82, 2.24) is 14.7 Å². The molecular weight excluding hydrogens is 246 g/mol. The molecule has 0 amide bonds. The van der Waals surface area contributed by atoms with Gasteiger partial charge in [0, 0.05) is 18.8 Å². The zero-order valence-electron chi connectivity index (χ0n) is 12.6. The second kappa shape index (κ2) is 5.96. The molecule has 1 saturated carbocycles. The Labute approximate surface area is 121 Å². The molecule has 0 radical (unpaired) electrons. The third kappa shape index (κ3) is 2.73. The number of aryl methyl sites for hydroxylation is 1. The van der Waals surface area contributed by atoms with Crippen LogP contribution in [0.3, 0.4) is 0 Å². The van der Waals surface area contributed by atoms with Crippen molar-refractivity contribution in [3.05, 3.63) is 35.8 Å². The predicted molar refractivity (Wildman–Crippen MR) is 82.8 cm³/mol. The van der Waals surface area contributed by atoms with Gasteiger partial charge in [0.2, 0.25) is 0 Å². The van der Waals surface area contributed by atoms with E-state index < -0.39 is 0 Å². The van der Waals surface area contributed by atoms with Crippen LogP contribution in [-0.4, -0.2) is 15.4 Å². The van der Waals surface area contributed by atoms with Crippen molar-refractivity contribution in [2.75, 3.05) is 0 Å². The first-order valence-electron chi connectivity index (χ1n) is 7.94. The molecule has 0 aromatic carbocycles. The molecule has 108 valence electrons. The summed E-state index contributed by atoms with van der Waals surface area (Å²) in [6.45, 7) is 5.36. The number of aromatic nitrogens is 2. The van der Waals surface area contributed by atoms with Gasteiger partial charge in [0.05, 0.1) is 11.4 Å². The van der Waals surface area contributed by atoms with E-state index in [2.05, 4.69) is 46.9 Å². The Hall–Kier alpha value is -1.35. The van der Waals surface area contributed by atoms with E-state index in [0.717, 1.165) is 23.8 Å². The predicted octanol–water partition coefficient (Wildman–Crippen LogP) is 3.70. The highest BCUT2D eigenvalue weighted by atomic mass is 15.0. The van der Waals surface area contributed by atoms with Crippen LogP contribution in [0.25, 0.3) is 5.65 Å². The van der Waals surface area contributed by atoms with E-state index in [9.17, 15) is 0 Å². The van der Waals surface area contributed by atoms with Crippen LogP contribution in [0.1, 0.15) is 50.4 Å². The number of fused-ring (bicyclic) bond motifs is 1. The van der Waals surface area contributed by atoms with E-state index in [1.165, 1.54) is 37.8 Å². The molecule has 0 saturated heterocycles. The zero-order valence-corrected chi connectivity index (χ0v) is 12.6. The molecule has 3 rings (SSSR count). The maximum absolute atomic E-state index is 4.63. The summed E-state index contributed by atoms with van der Waals surface area (Å²) in [5.74, 6) is 0.921. The first kappa shape index (κ1) is 13.6. The third-order valence-electron chi connectivity index (χ3n) is 4.75. The summed E-state index contributed by atoms with van der Waals surface area (Å²) in [6, 6.07) is 6.88. The van der Waals surface area contributed by atoms with Gasteiger partial charge in [0.25, 0.3) is 0 Å². The van der Waals surface area contributed by atoms with Crippen molar-refractivity contribution >= 4 is 5.65 Å². The fourth-order valence-electron chi connectivity index (χ4n) is 3.47. The van der Waals surface area contributed by atoms with Crippen LogP contribution in [0.5, 0.6) is 0 Å². The number of hydrogen-bond donors (Lipinski definition) is 1. The Kier molecular flexibility index (Phi) is 4.06. The molecule has 1 N–H and O–H groups in total. The number of nitrogens with one attached hydrogen (secondary N) is 1. The smallest absolute Gasteiger partial charge is 0.137 e. The van der Waals surface area contributed by atoms with Crippen LogP contribution in [0, 0.1) is 12.8 Å². The van der Waals surface area contributed by atoms with Crippen molar-refractivity contribution in [2.45, 2.75) is 58.5 Å². The molecule has 1 aliphatic carbocycles. The van der Waals surface area contributed by atoms with Crippen molar-refractivity contribution < 1.29 is 0 Å². The maximum Gasteiger partial charge on any atom is 0.137 e. The highest BCUT2D eigenvalue weighted by Crippen LogP contribution is 2.26. The van der Waals surface area contributed by atoms with Gasteiger partial charge in [-0.1, -0.05) is 32.3 Å². The molecule has 2 heterocycles. The molecule has 20 heavy (non-hydrogen) atoms. The van der Waals surface area contributed by atoms with Crippen LogP contribution in [0.15, 0.2) is 24.4 Å². The number of hydrogen-bond acceptors (Lipinski definition) is 2. The summed E-state index contributed by atoms with van der Waals surface area (Å²) in [6.07, 6.45) is 8.90. The van der Waals surface area contributed by atoms with Gasteiger partial charge in [-0.15, -0.1) is 0 Å². The molecule has 1 fully saturated rings. The molecule has 2 aromatic rings. The average molecular weight is 271 g/mol. The Morgan fingerprint density at radius 1 is 1.35 bits per heavy atom. The molecule has 2 unspecified atom stereocenters. The maximum atomic E-state index is 4.63. The number of imidazole rings is 1. The quantitative estimate of drug-likeness (QED) is 0.918. The lowest BCUT2D eigenvalue weighted by atomic mass is 9.84. The number of rotatable bonds is 4. The molecule has 0 bridgehead atoms. The average Bonchev–Trinajstić information content (AvgIpc) is 2.81. The van der Waals surface area contributed by atoms with Crippen molar-refractivity contribution in [3.63, 3.8) is 0 Å². The summed E-state index contributed by atoms with van der Waals surface area (Å²) in [5.41, 5.74) is 3.50. The highest BCUT2D eigenvalue weighted by Gasteiger charge is 2.20. The Bertz CT molecular complexity index is 573. The molecule has 0 aliphatic heterocycles. The SMILES string of the molecule is CCC1CCCC(NCc2c(C)nc3ccccn23)C1. The monoisotopic (exact) mass is 271 g/mol. The van der Waals surface area contributed by atoms with E-state index in [-0.39, 0.29) is 0 Å². The van der Waals surface area contributed by atoms with Crippen LogP contribution < -0.4 is 5.32 Å². The van der Waals surface area contributed by atoms with Gasteiger partial charge >= 0.3 is 0 Å². The van der Waals surface area contributed by atoms with E-state index in [0.29, 0.717) is 6.04 Å². The van der Waals surface area contributed by atoms with Gasteiger partial charge in [-0.25, -0.2) is 4.98 Å². The number of nitrogens with zero attached hydrogens (tertiary/aromatic N) is 2. The van der Waals surface area contributed by atoms with Crippen LogP contribution in [0.4, 0.5) is 0 Å². The fraction of sp³-hybridized carbons (Fsp3) is 0.588. The minimum absolute atomic E-state index is 0.683. The lowest BCUT2D eigenvalue weighted by Gasteiger charge is -2.29. The summed E-state index contributed by atoms with van der Waals surface area (Å²) in [4.78, 5) is 4.63. The normalized spacial score (nSPS) is 23.3. The Morgan fingerprint density at radius 2 is 2.25 bits per heavy atom. The minimum Gasteiger partial charge on any atom is -0.308 e. The summed E-state index contributed by atoms with van der Waals surface area (Å²) in [5, 5.41) is 3.76. The summed E-state index contributed by atoms with van der Waals surface area (Å²) >= 11 is 0. The highest BCUT2D eigenvalue weighted by molar-refractivity contribution is 5.42. The zero-order chi connectivity index (χ0) is 13.9. The summed E-state index contributed by atoms with van der Waals surface area (Å²) in [7, 11) is 0. The first-order valence-corrected chi connectivity index (χ1v) is 7.94. The van der Waals surface area contributed by atoms with Gasteiger partial charge in [0.15, 0.2) is 0 Å². The topological polar surface area (TPSA) is 29.3 Å². The summed E-state index contributed by atoms with van der Waals surface area (Å²) < 4.78 is 2.21.